The normalized spacial score (nSPS) is 21.2. The second-order valence-electron chi connectivity index (χ2n) is 5.12. The molecule has 0 fully saturated rings. The van der Waals surface area contributed by atoms with Gasteiger partial charge >= 0.3 is 0 Å². The van der Waals surface area contributed by atoms with Crippen LogP contribution in [0.15, 0.2) is 29.3 Å². The molecule has 17 heavy (non-hydrogen) atoms. The van der Waals surface area contributed by atoms with Crippen LogP contribution in [0.25, 0.3) is 0 Å². The molecule has 0 aliphatic carbocycles. The first-order valence-electron chi connectivity index (χ1n) is 5.70. The highest BCUT2D eigenvalue weighted by atomic mass is 32.2. The Hall–Kier alpha value is -0.840. The van der Waals surface area contributed by atoms with Gasteiger partial charge in [-0.1, -0.05) is 56.8 Å². The summed E-state index contributed by atoms with van der Waals surface area (Å²) >= 11 is 1.35. The third kappa shape index (κ3) is 3.09. The van der Waals surface area contributed by atoms with Crippen molar-refractivity contribution in [2.45, 2.75) is 31.7 Å². The van der Waals surface area contributed by atoms with Gasteiger partial charge in [-0.25, -0.2) is 0 Å². The fourth-order valence-electron chi connectivity index (χ4n) is 1.65. The highest BCUT2D eigenvalue weighted by Gasteiger charge is 2.17. The molecule has 0 saturated heterocycles. The first-order valence-corrected chi connectivity index (χ1v) is 6.58. The molecule has 92 valence electrons. The van der Waals surface area contributed by atoms with Crippen LogP contribution in [0, 0.1) is 0 Å². The van der Waals surface area contributed by atoms with E-state index in [1.54, 1.807) is 0 Å². The number of rotatable bonds is 1. The Labute approximate surface area is 106 Å². The third-order valence-electron chi connectivity index (χ3n) is 2.71. The average Bonchev–Trinajstić information content (AvgIpc) is 2.28. The monoisotopic (exact) mass is 250 g/mol. The molecule has 3 nitrogen and oxygen atoms in total. The lowest BCUT2D eigenvalue weighted by Crippen LogP contribution is -2.31. The molecule has 1 atom stereocenters. The fraction of sp³-hybridized carbons (Fsp3) is 0.462. The zero-order valence-electron chi connectivity index (χ0n) is 10.4. The van der Waals surface area contributed by atoms with Crippen LogP contribution in [0.3, 0.4) is 0 Å². The van der Waals surface area contributed by atoms with Gasteiger partial charge < -0.3 is 5.11 Å². The van der Waals surface area contributed by atoms with E-state index in [1.807, 2.05) is 0 Å². The first-order chi connectivity index (χ1) is 7.97. The summed E-state index contributed by atoms with van der Waals surface area (Å²) in [6, 6.07) is 8.41. The van der Waals surface area contributed by atoms with E-state index in [9.17, 15) is 5.11 Å². The van der Waals surface area contributed by atoms with Gasteiger partial charge in [-0.15, -0.1) is 0 Å². The van der Waals surface area contributed by atoms with Crippen molar-refractivity contribution in [3.63, 3.8) is 0 Å². The maximum Gasteiger partial charge on any atom is 0.160 e. The maximum absolute atomic E-state index is 9.50. The maximum atomic E-state index is 9.50. The highest BCUT2D eigenvalue weighted by Crippen LogP contribution is 2.25. The molecule has 1 aliphatic rings. The number of aliphatic imine (C=N–C) groups is 1. The van der Waals surface area contributed by atoms with Gasteiger partial charge in [0, 0.05) is 5.56 Å². The lowest BCUT2D eigenvalue weighted by Gasteiger charge is -2.21. The molecular weight excluding hydrogens is 232 g/mol. The lowest BCUT2D eigenvalue weighted by molar-refractivity contribution is 0.226. The Bertz CT molecular complexity index is 420. The van der Waals surface area contributed by atoms with Crippen molar-refractivity contribution in [2.75, 3.05) is 6.67 Å². The largest absolute Gasteiger partial charge is 0.369 e. The quantitative estimate of drug-likeness (QED) is 0.804. The summed E-state index contributed by atoms with van der Waals surface area (Å²) in [5.74, 6) is 0. The number of thioether (sulfide) groups is 1. The summed E-state index contributed by atoms with van der Waals surface area (Å²) in [5.41, 5.74) is 2.00. The van der Waals surface area contributed by atoms with E-state index in [0.29, 0.717) is 6.67 Å². The summed E-state index contributed by atoms with van der Waals surface area (Å²) in [6.45, 7) is 7.07. The van der Waals surface area contributed by atoms with Crippen molar-refractivity contribution in [3.05, 3.63) is 35.4 Å². The molecule has 0 bridgehead atoms. The van der Waals surface area contributed by atoms with Crippen molar-refractivity contribution in [2.24, 2.45) is 4.99 Å². The molecule has 1 aromatic rings. The molecular formula is C13H18N2OS. The molecule has 0 aromatic heterocycles. The van der Waals surface area contributed by atoms with Crippen LogP contribution in [-0.4, -0.2) is 22.4 Å². The van der Waals surface area contributed by atoms with Crippen molar-refractivity contribution in [1.29, 1.82) is 0 Å². The molecule has 0 radical (unpaired) electrons. The number of nitrogens with one attached hydrogen (secondary N) is 1. The molecule has 1 aliphatic heterocycles. The summed E-state index contributed by atoms with van der Waals surface area (Å²) in [4.78, 5) is 4.35. The number of hydrogen-bond donors (Lipinski definition) is 2. The van der Waals surface area contributed by atoms with Crippen molar-refractivity contribution < 1.29 is 5.11 Å². The Balaban J connectivity index is 2.21. The fourth-order valence-corrected chi connectivity index (χ4v) is 2.43. The van der Waals surface area contributed by atoms with E-state index in [1.165, 1.54) is 17.3 Å². The van der Waals surface area contributed by atoms with Gasteiger partial charge in [0.05, 0.1) is 6.67 Å². The van der Waals surface area contributed by atoms with Gasteiger partial charge in [0.1, 0.15) is 5.04 Å². The molecule has 1 unspecified atom stereocenters. The Kier molecular flexibility index (Phi) is 3.56. The zero-order chi connectivity index (χ0) is 12.5. The average molecular weight is 250 g/mol. The third-order valence-corrected chi connectivity index (χ3v) is 3.69. The van der Waals surface area contributed by atoms with Gasteiger partial charge in [-0.05, 0) is 11.0 Å². The molecule has 0 saturated carbocycles. The van der Waals surface area contributed by atoms with E-state index in [2.05, 4.69) is 55.3 Å². The minimum atomic E-state index is -0.551. The number of benzene rings is 1. The van der Waals surface area contributed by atoms with Crippen LogP contribution in [0.4, 0.5) is 0 Å². The topological polar surface area (TPSA) is 44.6 Å². The van der Waals surface area contributed by atoms with Gasteiger partial charge in [0.25, 0.3) is 0 Å². The van der Waals surface area contributed by atoms with Crippen molar-refractivity contribution in [3.8, 4) is 0 Å². The number of hydrogen-bond acceptors (Lipinski definition) is 4. The van der Waals surface area contributed by atoms with E-state index in [0.717, 1.165) is 10.6 Å². The van der Waals surface area contributed by atoms with Crippen LogP contribution in [0.1, 0.15) is 31.9 Å². The predicted octanol–water partition coefficient (Wildman–Crippen LogP) is 2.30. The van der Waals surface area contributed by atoms with Crippen LogP contribution in [0.5, 0.6) is 0 Å². The molecule has 2 rings (SSSR count). The van der Waals surface area contributed by atoms with E-state index >= 15 is 0 Å². The Morgan fingerprint density at radius 3 is 2.47 bits per heavy atom. The standard InChI is InChI=1S/C13H18N2OS/c1-13(2,3)10-6-4-9(5-7-10)11-14-8-15-12(16)17-11/h4-7,12,15-16H,8H2,1-3H3. The molecule has 0 amide bonds. The van der Waals surface area contributed by atoms with Crippen LogP contribution >= 0.6 is 11.8 Å². The van der Waals surface area contributed by atoms with Gasteiger partial charge in [0.2, 0.25) is 0 Å². The molecule has 1 heterocycles. The summed E-state index contributed by atoms with van der Waals surface area (Å²) in [5, 5.41) is 13.2. The van der Waals surface area contributed by atoms with E-state index in [-0.39, 0.29) is 5.41 Å². The summed E-state index contributed by atoms with van der Waals surface area (Å²) in [6.07, 6.45) is 0. The Morgan fingerprint density at radius 1 is 1.29 bits per heavy atom. The lowest BCUT2D eigenvalue weighted by atomic mass is 9.87. The first kappa shape index (κ1) is 12.6. The predicted molar refractivity (Wildman–Crippen MR) is 73.3 cm³/mol. The van der Waals surface area contributed by atoms with Crippen LogP contribution in [-0.2, 0) is 5.41 Å². The summed E-state index contributed by atoms with van der Waals surface area (Å²) in [7, 11) is 0. The SMILES string of the molecule is CC(C)(C)c1ccc(C2=NCNC(O)S2)cc1. The minimum Gasteiger partial charge on any atom is -0.369 e. The second-order valence-corrected chi connectivity index (χ2v) is 6.19. The van der Waals surface area contributed by atoms with E-state index in [4.69, 9.17) is 0 Å². The van der Waals surface area contributed by atoms with Gasteiger partial charge in [-0.2, -0.15) is 0 Å². The number of aliphatic hydroxyl groups is 1. The smallest absolute Gasteiger partial charge is 0.160 e. The number of aliphatic hydroxyl groups excluding tert-OH is 1. The van der Waals surface area contributed by atoms with Crippen LogP contribution in [0.2, 0.25) is 0 Å². The minimum absolute atomic E-state index is 0.168. The Morgan fingerprint density at radius 2 is 1.94 bits per heavy atom. The molecule has 2 N–H and O–H groups in total. The zero-order valence-corrected chi connectivity index (χ0v) is 11.2. The van der Waals surface area contributed by atoms with Gasteiger partial charge in [0.15, 0.2) is 5.56 Å². The van der Waals surface area contributed by atoms with Crippen LogP contribution < -0.4 is 5.32 Å². The van der Waals surface area contributed by atoms with Crippen molar-refractivity contribution in [1.82, 2.24) is 5.32 Å². The second kappa shape index (κ2) is 4.80. The van der Waals surface area contributed by atoms with Gasteiger partial charge in [-0.3, -0.25) is 10.3 Å². The highest BCUT2D eigenvalue weighted by molar-refractivity contribution is 8.14. The van der Waals surface area contributed by atoms with Crippen molar-refractivity contribution >= 4 is 16.8 Å². The molecule has 0 spiro atoms. The summed E-state index contributed by atoms with van der Waals surface area (Å²) < 4.78 is 0. The number of nitrogens with zero attached hydrogens (tertiary/aromatic N) is 1. The van der Waals surface area contributed by atoms with E-state index < -0.39 is 5.56 Å². The molecule has 1 aromatic carbocycles. The molecule has 4 heteroatoms.